The second kappa shape index (κ2) is 11.0. The summed E-state index contributed by atoms with van der Waals surface area (Å²) >= 11 is 0. The molecule has 1 N–H and O–H groups in total. The molecular weight excluding hydrogens is 172 g/mol. The lowest BCUT2D eigenvalue weighted by Crippen LogP contribution is -1.95. The first kappa shape index (κ1) is 14.0. The van der Waals surface area contributed by atoms with Crippen LogP contribution >= 0.6 is 0 Å². The van der Waals surface area contributed by atoms with Crippen LogP contribution in [0.3, 0.4) is 0 Å². The van der Waals surface area contributed by atoms with Crippen LogP contribution in [-0.4, -0.2) is 11.7 Å². The standard InChI is InChI=1S/C13H28O/c1-3-4-7-10-13(2)11-8-5-6-9-12-14/h13-14H,3-12H2,1-2H3. The molecule has 0 saturated heterocycles. The average molecular weight is 200 g/mol. The topological polar surface area (TPSA) is 20.2 Å². The van der Waals surface area contributed by atoms with E-state index >= 15 is 0 Å². The molecule has 0 aliphatic rings. The fourth-order valence-corrected chi connectivity index (χ4v) is 1.85. The van der Waals surface area contributed by atoms with Crippen LogP contribution in [0.4, 0.5) is 0 Å². The second-order valence-electron chi connectivity index (χ2n) is 4.53. The van der Waals surface area contributed by atoms with Crippen molar-refractivity contribution in [2.24, 2.45) is 5.92 Å². The van der Waals surface area contributed by atoms with Crippen molar-refractivity contribution in [2.75, 3.05) is 6.61 Å². The molecule has 0 spiro atoms. The van der Waals surface area contributed by atoms with E-state index in [0.717, 1.165) is 12.3 Å². The van der Waals surface area contributed by atoms with Gasteiger partial charge in [0.25, 0.3) is 0 Å². The summed E-state index contributed by atoms with van der Waals surface area (Å²) in [6.45, 7) is 5.01. The minimum atomic E-state index is 0.367. The summed E-state index contributed by atoms with van der Waals surface area (Å²) in [7, 11) is 0. The lowest BCUT2D eigenvalue weighted by molar-refractivity contribution is 0.281. The predicted molar refractivity (Wildman–Crippen MR) is 63.5 cm³/mol. The Kier molecular flexibility index (Phi) is 11.0. The first-order valence-electron chi connectivity index (χ1n) is 6.42. The summed E-state index contributed by atoms with van der Waals surface area (Å²) in [6, 6.07) is 0. The van der Waals surface area contributed by atoms with Crippen molar-refractivity contribution >= 4 is 0 Å². The van der Waals surface area contributed by atoms with E-state index in [2.05, 4.69) is 13.8 Å². The van der Waals surface area contributed by atoms with E-state index in [9.17, 15) is 0 Å². The van der Waals surface area contributed by atoms with E-state index in [1.54, 1.807) is 0 Å². The highest BCUT2D eigenvalue weighted by Gasteiger charge is 2.01. The van der Waals surface area contributed by atoms with Gasteiger partial charge in [-0.25, -0.2) is 0 Å². The van der Waals surface area contributed by atoms with E-state index < -0.39 is 0 Å². The van der Waals surface area contributed by atoms with Crippen molar-refractivity contribution in [1.82, 2.24) is 0 Å². The summed E-state index contributed by atoms with van der Waals surface area (Å²) in [4.78, 5) is 0. The normalized spacial score (nSPS) is 13.1. The van der Waals surface area contributed by atoms with E-state index in [0.29, 0.717) is 6.61 Å². The molecule has 0 radical (unpaired) electrons. The molecule has 0 aromatic heterocycles. The lowest BCUT2D eigenvalue weighted by Gasteiger charge is -2.10. The van der Waals surface area contributed by atoms with Crippen molar-refractivity contribution in [3.63, 3.8) is 0 Å². The number of hydrogen-bond acceptors (Lipinski definition) is 1. The highest BCUT2D eigenvalue weighted by molar-refractivity contribution is 4.54. The lowest BCUT2D eigenvalue weighted by atomic mass is 9.97. The Labute approximate surface area is 89.9 Å². The zero-order valence-electron chi connectivity index (χ0n) is 10.1. The van der Waals surface area contributed by atoms with Crippen LogP contribution in [0, 0.1) is 5.92 Å². The Morgan fingerprint density at radius 3 is 2.00 bits per heavy atom. The van der Waals surface area contributed by atoms with Crippen molar-refractivity contribution in [2.45, 2.75) is 71.6 Å². The maximum atomic E-state index is 8.62. The van der Waals surface area contributed by atoms with Crippen molar-refractivity contribution in [3.8, 4) is 0 Å². The van der Waals surface area contributed by atoms with Gasteiger partial charge in [-0.1, -0.05) is 65.2 Å². The van der Waals surface area contributed by atoms with Crippen LogP contribution < -0.4 is 0 Å². The summed E-state index contributed by atoms with van der Waals surface area (Å²) in [6.07, 6.45) is 11.8. The Morgan fingerprint density at radius 2 is 1.43 bits per heavy atom. The summed E-state index contributed by atoms with van der Waals surface area (Å²) in [5, 5.41) is 8.62. The van der Waals surface area contributed by atoms with Gasteiger partial charge in [-0.2, -0.15) is 0 Å². The van der Waals surface area contributed by atoms with Gasteiger partial charge in [0.05, 0.1) is 0 Å². The van der Waals surface area contributed by atoms with Gasteiger partial charge in [0, 0.05) is 6.61 Å². The largest absolute Gasteiger partial charge is 0.396 e. The maximum absolute atomic E-state index is 8.62. The first-order valence-corrected chi connectivity index (χ1v) is 6.42. The molecule has 0 aliphatic carbocycles. The van der Waals surface area contributed by atoms with Crippen molar-refractivity contribution < 1.29 is 5.11 Å². The third-order valence-corrected chi connectivity index (χ3v) is 2.91. The maximum Gasteiger partial charge on any atom is 0.0431 e. The van der Waals surface area contributed by atoms with E-state index in [1.165, 1.54) is 51.4 Å². The molecule has 0 fully saturated rings. The van der Waals surface area contributed by atoms with Gasteiger partial charge < -0.3 is 5.11 Å². The van der Waals surface area contributed by atoms with Crippen LogP contribution in [0.1, 0.15) is 71.6 Å². The molecular formula is C13H28O. The Hall–Kier alpha value is -0.0400. The number of rotatable bonds is 10. The van der Waals surface area contributed by atoms with Gasteiger partial charge >= 0.3 is 0 Å². The summed E-state index contributed by atoms with van der Waals surface area (Å²) in [5.74, 6) is 0.913. The van der Waals surface area contributed by atoms with E-state index in [1.807, 2.05) is 0 Å². The third kappa shape index (κ3) is 10.0. The molecule has 1 nitrogen and oxygen atoms in total. The molecule has 0 rings (SSSR count). The molecule has 86 valence electrons. The van der Waals surface area contributed by atoms with Crippen LogP contribution in [0.2, 0.25) is 0 Å². The minimum absolute atomic E-state index is 0.367. The van der Waals surface area contributed by atoms with Crippen molar-refractivity contribution in [3.05, 3.63) is 0 Å². The number of hydrogen-bond donors (Lipinski definition) is 1. The van der Waals surface area contributed by atoms with Gasteiger partial charge in [0.1, 0.15) is 0 Å². The fraction of sp³-hybridized carbons (Fsp3) is 1.00. The van der Waals surface area contributed by atoms with Gasteiger partial charge in [0.15, 0.2) is 0 Å². The summed E-state index contributed by atoms with van der Waals surface area (Å²) < 4.78 is 0. The minimum Gasteiger partial charge on any atom is -0.396 e. The summed E-state index contributed by atoms with van der Waals surface area (Å²) in [5.41, 5.74) is 0. The molecule has 0 aromatic rings. The van der Waals surface area contributed by atoms with Crippen LogP contribution in [-0.2, 0) is 0 Å². The number of aliphatic hydroxyl groups excluding tert-OH is 1. The molecule has 0 aliphatic heterocycles. The molecule has 0 amide bonds. The fourth-order valence-electron chi connectivity index (χ4n) is 1.85. The molecule has 1 unspecified atom stereocenters. The van der Waals surface area contributed by atoms with Crippen LogP contribution in [0.25, 0.3) is 0 Å². The number of aliphatic hydroxyl groups is 1. The van der Waals surface area contributed by atoms with E-state index in [-0.39, 0.29) is 0 Å². The molecule has 1 heteroatoms. The molecule has 0 bridgehead atoms. The molecule has 0 aromatic carbocycles. The molecule has 14 heavy (non-hydrogen) atoms. The quantitative estimate of drug-likeness (QED) is 0.525. The van der Waals surface area contributed by atoms with Crippen LogP contribution in [0.15, 0.2) is 0 Å². The monoisotopic (exact) mass is 200 g/mol. The van der Waals surface area contributed by atoms with Crippen molar-refractivity contribution in [1.29, 1.82) is 0 Å². The molecule has 1 atom stereocenters. The SMILES string of the molecule is CCCCCC(C)CCCCCCO. The Balaban J connectivity index is 3.06. The highest BCUT2D eigenvalue weighted by atomic mass is 16.2. The molecule has 0 saturated carbocycles. The van der Waals surface area contributed by atoms with E-state index in [4.69, 9.17) is 5.11 Å². The highest BCUT2D eigenvalue weighted by Crippen LogP contribution is 2.16. The second-order valence-corrected chi connectivity index (χ2v) is 4.53. The van der Waals surface area contributed by atoms with Gasteiger partial charge in [-0.05, 0) is 12.3 Å². The zero-order chi connectivity index (χ0) is 10.6. The average Bonchev–Trinajstić information content (AvgIpc) is 2.18. The smallest absolute Gasteiger partial charge is 0.0431 e. The first-order chi connectivity index (χ1) is 6.81. The zero-order valence-corrected chi connectivity index (χ0v) is 10.1. The molecule has 0 heterocycles. The van der Waals surface area contributed by atoms with Gasteiger partial charge in [-0.15, -0.1) is 0 Å². The van der Waals surface area contributed by atoms with Crippen LogP contribution in [0.5, 0.6) is 0 Å². The Bertz CT molecular complexity index is 101. The Morgan fingerprint density at radius 1 is 0.857 bits per heavy atom. The third-order valence-electron chi connectivity index (χ3n) is 2.91. The van der Waals surface area contributed by atoms with Gasteiger partial charge in [-0.3, -0.25) is 0 Å². The number of unbranched alkanes of at least 4 members (excludes halogenated alkanes) is 5. The predicted octanol–water partition coefficient (Wildman–Crippen LogP) is 4.15. The van der Waals surface area contributed by atoms with Gasteiger partial charge in [0.2, 0.25) is 0 Å².